The summed E-state index contributed by atoms with van der Waals surface area (Å²) in [6.45, 7) is 5.73. The molecule has 3 N–H and O–H groups in total. The summed E-state index contributed by atoms with van der Waals surface area (Å²) in [6, 6.07) is 4.90. The van der Waals surface area contributed by atoms with E-state index >= 15 is 0 Å². The highest BCUT2D eigenvalue weighted by Crippen LogP contribution is 2.37. The lowest BCUT2D eigenvalue weighted by atomic mass is 10.0. The van der Waals surface area contributed by atoms with Crippen molar-refractivity contribution < 1.29 is 18.3 Å². The molecular formula is C20H23F3N4O2S2. The van der Waals surface area contributed by atoms with E-state index in [0.29, 0.717) is 39.2 Å². The summed E-state index contributed by atoms with van der Waals surface area (Å²) in [6.07, 6.45) is -3.72. The van der Waals surface area contributed by atoms with Gasteiger partial charge < -0.3 is 15.4 Å². The number of nitrogens with one attached hydrogen (secondary N) is 2. The number of hydrogen-bond acceptors (Lipinski definition) is 7. The van der Waals surface area contributed by atoms with Crippen LogP contribution >= 0.6 is 23.1 Å². The first-order valence-corrected chi connectivity index (χ1v) is 11.4. The summed E-state index contributed by atoms with van der Waals surface area (Å²) in [5.41, 5.74) is 0.237. The number of nitrogens with zero attached hydrogens (tertiary/aromatic N) is 2. The number of aromatic nitrogens is 3. The maximum absolute atomic E-state index is 13.0. The minimum absolute atomic E-state index is 0.110. The zero-order valence-electron chi connectivity index (χ0n) is 17.2. The van der Waals surface area contributed by atoms with Crippen molar-refractivity contribution in [2.45, 2.75) is 49.8 Å². The van der Waals surface area contributed by atoms with Gasteiger partial charge in [0.25, 0.3) is 0 Å². The number of anilines is 1. The molecule has 0 amide bonds. The van der Waals surface area contributed by atoms with Gasteiger partial charge in [-0.25, -0.2) is 9.97 Å². The molecule has 1 unspecified atom stereocenters. The molecule has 0 bridgehead atoms. The highest BCUT2D eigenvalue weighted by molar-refractivity contribution is 7.99. The maximum Gasteiger partial charge on any atom is 0.416 e. The lowest BCUT2D eigenvalue weighted by molar-refractivity contribution is -0.137. The van der Waals surface area contributed by atoms with Gasteiger partial charge in [0.2, 0.25) is 0 Å². The third kappa shape index (κ3) is 5.98. The van der Waals surface area contributed by atoms with E-state index in [9.17, 15) is 23.1 Å². The minimum atomic E-state index is -4.42. The number of thioether (sulfide) groups is 1. The van der Waals surface area contributed by atoms with Crippen LogP contribution in [0.4, 0.5) is 19.0 Å². The van der Waals surface area contributed by atoms with Crippen LogP contribution < -0.4 is 10.2 Å². The topological polar surface area (TPSA) is 90.9 Å². The van der Waals surface area contributed by atoms with E-state index in [1.165, 1.54) is 17.8 Å². The van der Waals surface area contributed by atoms with Crippen molar-refractivity contribution >= 4 is 39.3 Å². The number of benzene rings is 1. The lowest BCUT2D eigenvalue weighted by Gasteiger charge is -2.19. The quantitative estimate of drug-likeness (QED) is 0.313. The first-order chi connectivity index (χ1) is 14.6. The van der Waals surface area contributed by atoms with Gasteiger partial charge in [-0.1, -0.05) is 55.1 Å². The van der Waals surface area contributed by atoms with E-state index in [-0.39, 0.29) is 22.8 Å². The van der Waals surface area contributed by atoms with Crippen molar-refractivity contribution in [3.05, 3.63) is 45.1 Å². The predicted molar refractivity (Wildman–Crippen MR) is 118 cm³/mol. The van der Waals surface area contributed by atoms with Crippen LogP contribution in [0.3, 0.4) is 0 Å². The summed E-state index contributed by atoms with van der Waals surface area (Å²) in [5.74, 6) is 0.722. The standard InChI is InChI=1S/C20H23F3N4O2S2/c1-10(2)7-14(9-28)24-16-15-17(31-19(29)25-15)27-18(26-16)30-11(3)12-5-4-6-13(8-12)20(21,22)23/h4-6,8,10-11,14,28H,7,9H2,1-3H3,(H,25,29)(H,24,26,27)/t11?,14-/m1/s1. The number of aliphatic hydroxyl groups excluding tert-OH is 1. The largest absolute Gasteiger partial charge is 0.416 e. The highest BCUT2D eigenvalue weighted by Gasteiger charge is 2.31. The lowest BCUT2D eigenvalue weighted by Crippen LogP contribution is -2.26. The Bertz CT molecular complexity index is 1100. The van der Waals surface area contributed by atoms with Gasteiger partial charge in [-0.2, -0.15) is 13.2 Å². The fourth-order valence-electron chi connectivity index (χ4n) is 3.12. The van der Waals surface area contributed by atoms with Crippen LogP contribution in [0.15, 0.2) is 34.2 Å². The summed E-state index contributed by atoms with van der Waals surface area (Å²) < 4.78 is 39.1. The van der Waals surface area contributed by atoms with E-state index in [1.54, 1.807) is 13.0 Å². The molecule has 0 aliphatic heterocycles. The maximum atomic E-state index is 13.0. The fraction of sp³-hybridized carbons (Fsp3) is 0.450. The molecule has 0 aliphatic rings. The smallest absolute Gasteiger partial charge is 0.394 e. The van der Waals surface area contributed by atoms with Crippen LogP contribution in [0.25, 0.3) is 10.3 Å². The van der Waals surface area contributed by atoms with Crippen LogP contribution in [0.5, 0.6) is 0 Å². The molecule has 2 aromatic heterocycles. The van der Waals surface area contributed by atoms with Gasteiger partial charge in [0.1, 0.15) is 5.52 Å². The van der Waals surface area contributed by atoms with E-state index in [0.717, 1.165) is 23.5 Å². The van der Waals surface area contributed by atoms with Gasteiger partial charge >= 0.3 is 11.0 Å². The molecule has 3 aromatic rings. The minimum Gasteiger partial charge on any atom is -0.394 e. The van der Waals surface area contributed by atoms with Gasteiger partial charge in [0.15, 0.2) is 15.8 Å². The molecule has 0 aliphatic carbocycles. The second-order valence-corrected chi connectivity index (χ2v) is 9.86. The van der Waals surface area contributed by atoms with E-state index in [2.05, 4.69) is 20.3 Å². The normalized spacial score (nSPS) is 14.2. The molecule has 0 saturated carbocycles. The number of aliphatic hydroxyl groups is 1. The number of alkyl halides is 3. The van der Waals surface area contributed by atoms with Crippen molar-refractivity contribution in [3.63, 3.8) is 0 Å². The van der Waals surface area contributed by atoms with Crippen LogP contribution in [0, 0.1) is 5.92 Å². The number of aromatic amines is 1. The Labute approximate surface area is 185 Å². The number of halogens is 3. The van der Waals surface area contributed by atoms with Crippen LogP contribution in [-0.4, -0.2) is 32.7 Å². The van der Waals surface area contributed by atoms with Crippen molar-refractivity contribution in [3.8, 4) is 0 Å². The molecule has 31 heavy (non-hydrogen) atoms. The molecule has 0 radical (unpaired) electrons. The summed E-state index contributed by atoms with van der Waals surface area (Å²) in [5, 5.41) is 12.8. The van der Waals surface area contributed by atoms with E-state index in [4.69, 9.17) is 0 Å². The van der Waals surface area contributed by atoms with Crippen molar-refractivity contribution in [1.29, 1.82) is 0 Å². The Balaban J connectivity index is 1.91. The molecule has 0 fully saturated rings. The zero-order valence-corrected chi connectivity index (χ0v) is 18.8. The first kappa shape index (κ1) is 23.6. The molecule has 2 atom stereocenters. The number of hydrogen-bond donors (Lipinski definition) is 3. The Kier molecular flexibility index (Phi) is 7.28. The number of fused-ring (bicyclic) bond motifs is 1. The fourth-order valence-corrected chi connectivity index (χ4v) is 4.77. The Morgan fingerprint density at radius 1 is 1.26 bits per heavy atom. The molecule has 3 rings (SSSR count). The summed E-state index contributed by atoms with van der Waals surface area (Å²) in [7, 11) is 0. The van der Waals surface area contributed by atoms with Crippen molar-refractivity contribution in [2.75, 3.05) is 11.9 Å². The molecule has 1 aromatic carbocycles. The number of rotatable bonds is 8. The molecule has 2 heterocycles. The molecule has 6 nitrogen and oxygen atoms in total. The average molecular weight is 473 g/mol. The van der Waals surface area contributed by atoms with Crippen molar-refractivity contribution in [2.24, 2.45) is 5.92 Å². The summed E-state index contributed by atoms with van der Waals surface area (Å²) in [4.78, 5) is 23.6. The van der Waals surface area contributed by atoms with Crippen molar-refractivity contribution in [1.82, 2.24) is 15.0 Å². The second-order valence-electron chi connectivity index (χ2n) is 7.59. The van der Waals surface area contributed by atoms with Crippen LogP contribution in [0.2, 0.25) is 0 Å². The first-order valence-electron chi connectivity index (χ1n) is 9.69. The molecular weight excluding hydrogens is 449 g/mol. The number of H-pyrrole nitrogens is 1. The molecule has 168 valence electrons. The third-order valence-corrected chi connectivity index (χ3v) is 6.35. The monoisotopic (exact) mass is 472 g/mol. The van der Waals surface area contributed by atoms with Gasteiger partial charge in [-0.3, -0.25) is 4.79 Å². The van der Waals surface area contributed by atoms with Gasteiger partial charge in [0, 0.05) is 5.25 Å². The van der Waals surface area contributed by atoms with E-state index in [1.807, 2.05) is 13.8 Å². The third-order valence-electron chi connectivity index (χ3n) is 4.55. The Hall–Kier alpha value is -2.11. The van der Waals surface area contributed by atoms with Gasteiger partial charge in [-0.05, 0) is 30.9 Å². The molecule has 0 saturated heterocycles. The summed E-state index contributed by atoms with van der Waals surface area (Å²) >= 11 is 2.13. The Morgan fingerprint density at radius 2 is 2.00 bits per heavy atom. The zero-order chi connectivity index (χ0) is 22.8. The SMILES string of the molecule is CC(C)C[C@H](CO)Nc1nc(SC(C)c2cccc(C(F)(F)F)c2)nc2sc(=O)[nH]c12. The molecule has 11 heteroatoms. The molecule has 0 spiro atoms. The van der Waals surface area contributed by atoms with E-state index < -0.39 is 11.7 Å². The average Bonchev–Trinajstić information content (AvgIpc) is 3.07. The van der Waals surface area contributed by atoms with Gasteiger partial charge in [-0.15, -0.1) is 0 Å². The van der Waals surface area contributed by atoms with Crippen LogP contribution in [0.1, 0.15) is 43.6 Å². The Morgan fingerprint density at radius 3 is 2.65 bits per heavy atom. The predicted octanol–water partition coefficient (Wildman–Crippen LogP) is 5.07. The van der Waals surface area contributed by atoms with Gasteiger partial charge in [0.05, 0.1) is 18.2 Å². The second kappa shape index (κ2) is 9.58. The number of thiazole rings is 1. The van der Waals surface area contributed by atoms with Crippen LogP contribution in [-0.2, 0) is 6.18 Å². The highest BCUT2D eigenvalue weighted by atomic mass is 32.2.